The number of aliphatic hydroxyl groups excluding tert-OH is 1. The van der Waals surface area contributed by atoms with Crippen LogP contribution in [-0.2, 0) is 19.1 Å². The van der Waals surface area contributed by atoms with Gasteiger partial charge in [-0.2, -0.15) is 0 Å². The van der Waals surface area contributed by atoms with Gasteiger partial charge in [-0.3, -0.25) is 9.59 Å². The van der Waals surface area contributed by atoms with E-state index in [0.29, 0.717) is 6.42 Å². The molecule has 5 nitrogen and oxygen atoms in total. The summed E-state index contributed by atoms with van der Waals surface area (Å²) < 4.78 is 95.1. The average Bonchev–Trinajstić information content (AvgIpc) is 2.85. The summed E-state index contributed by atoms with van der Waals surface area (Å²) in [4.78, 5) is 25.1. The number of carbonyl (C=O) groups is 2. The Kier molecular flexibility index (Phi) is 4.01. The molecule has 2 aliphatic carbocycles. The van der Waals surface area contributed by atoms with Crippen molar-refractivity contribution in [2.75, 3.05) is 0 Å². The molecule has 0 aromatic carbocycles. The molecular weight excluding hydrogens is 368 g/mol. The number of hydrogen-bond acceptors (Lipinski definition) is 5. The lowest BCUT2D eigenvalue weighted by Gasteiger charge is -2.43. The van der Waals surface area contributed by atoms with E-state index in [1.54, 1.807) is 13.8 Å². The van der Waals surface area contributed by atoms with Crippen LogP contribution in [-0.4, -0.2) is 36.8 Å². The molecule has 0 radical (unpaired) electrons. The Hall–Kier alpha value is -1.62. The van der Waals surface area contributed by atoms with Gasteiger partial charge in [0.05, 0.1) is 22.5 Å². The van der Waals surface area contributed by atoms with Gasteiger partial charge in [0, 0.05) is 20.6 Å². The fraction of sp³-hybridized carbons (Fsp3) is 0.750. The summed E-state index contributed by atoms with van der Waals surface area (Å²) in [6.07, 6.45) is -8.78. The fourth-order valence-corrected chi connectivity index (χ4v) is 3.94. The third-order valence-corrected chi connectivity index (χ3v) is 5.81. The number of carbonyl (C=O) groups excluding carboxylic acids is 2. The maximum Gasteiger partial charge on any atom is 0.308 e. The minimum atomic E-state index is -2.59. The highest BCUT2D eigenvalue weighted by Gasteiger charge is 2.42. The van der Waals surface area contributed by atoms with Crippen LogP contribution in [0.1, 0.15) is 78.5 Å². The molecule has 0 saturated carbocycles. The van der Waals surface area contributed by atoms with Crippen molar-refractivity contribution in [3.8, 4) is 0 Å². The van der Waals surface area contributed by atoms with Crippen LogP contribution in [0.4, 0.5) is 0 Å². The zero-order valence-corrected chi connectivity index (χ0v) is 17.3. The van der Waals surface area contributed by atoms with Crippen molar-refractivity contribution in [1.82, 2.24) is 0 Å². The van der Waals surface area contributed by atoms with Gasteiger partial charge in [0.2, 0.25) is 1.43 Å². The van der Waals surface area contributed by atoms with E-state index in [0.717, 1.165) is 0 Å². The summed E-state index contributed by atoms with van der Waals surface area (Å²) in [6, 6.07) is -1.43. The maximum atomic E-state index is 12.9. The Labute approximate surface area is 188 Å². The summed E-state index contributed by atoms with van der Waals surface area (Å²) in [5, 5.41) is 4.43. The van der Waals surface area contributed by atoms with Gasteiger partial charge in [0.1, 0.15) is 12.2 Å². The SMILES string of the molecule is [2H]O[C@@H]1CC(CC[C@@H]2[C@@H]3C(=C([2H])[C@]([2H])(C)C([2H])([2H])[C@@H]3OC(=O)[C@@H](C)CC)C([2H])=C([2H])[C@]2([2H])C)OC(=O)C1([2H])[2H]. The van der Waals surface area contributed by atoms with E-state index in [1.807, 2.05) is 0 Å². The van der Waals surface area contributed by atoms with E-state index in [4.69, 9.17) is 23.2 Å². The molecule has 5 heteroatoms. The molecule has 1 heterocycles. The molecule has 1 N–H and O–H groups in total. The Balaban J connectivity index is 2.09. The summed E-state index contributed by atoms with van der Waals surface area (Å²) in [7, 11) is 0. The van der Waals surface area contributed by atoms with Gasteiger partial charge in [0.15, 0.2) is 0 Å². The van der Waals surface area contributed by atoms with Gasteiger partial charge >= 0.3 is 11.9 Å². The minimum Gasteiger partial charge on any atom is -0.462 e. The molecular formula is C24H36O5. The maximum absolute atomic E-state index is 12.9. The van der Waals surface area contributed by atoms with E-state index in [-0.39, 0.29) is 24.8 Å². The molecule has 3 aliphatic rings. The van der Waals surface area contributed by atoms with Crippen LogP contribution < -0.4 is 0 Å². The van der Waals surface area contributed by atoms with Crippen LogP contribution in [0.3, 0.4) is 0 Å². The molecule has 0 aromatic heterocycles. The van der Waals surface area contributed by atoms with Gasteiger partial charge < -0.3 is 14.6 Å². The first-order valence-electron chi connectivity index (χ1n) is 15.1. The number of hydrogen-bond donors (Lipinski definition) is 1. The molecule has 0 amide bonds. The second-order valence-electron chi connectivity index (χ2n) is 8.01. The largest absolute Gasteiger partial charge is 0.462 e. The van der Waals surface area contributed by atoms with Crippen LogP contribution in [0.5, 0.6) is 0 Å². The zero-order chi connectivity index (χ0) is 29.9. The first-order valence-corrected chi connectivity index (χ1v) is 10.2. The van der Waals surface area contributed by atoms with Crippen LogP contribution in [0.2, 0.25) is 0 Å². The van der Waals surface area contributed by atoms with Gasteiger partial charge in [-0.05, 0) is 48.9 Å². The molecule has 1 fully saturated rings. The molecule has 0 aromatic rings. The highest BCUT2D eigenvalue weighted by Crippen LogP contribution is 2.45. The quantitative estimate of drug-likeness (QED) is 0.632. The number of ether oxygens (including phenoxy) is 2. The smallest absolute Gasteiger partial charge is 0.308 e. The number of esters is 2. The van der Waals surface area contributed by atoms with Crippen molar-refractivity contribution in [2.24, 2.45) is 29.5 Å². The van der Waals surface area contributed by atoms with E-state index in [1.165, 1.54) is 13.8 Å². The second kappa shape index (κ2) is 9.46. The Bertz CT molecular complexity index is 1070. The van der Waals surface area contributed by atoms with E-state index in [9.17, 15) is 9.59 Å². The molecule has 8 atom stereocenters. The fourth-order valence-electron chi connectivity index (χ4n) is 3.94. The van der Waals surface area contributed by atoms with E-state index >= 15 is 0 Å². The summed E-state index contributed by atoms with van der Waals surface area (Å²) in [5.41, 5.74) is -0.117. The lowest BCUT2D eigenvalue weighted by molar-refractivity contribution is -0.162. The monoisotopic (exact) mass is 414 g/mol. The predicted octanol–water partition coefficient (Wildman–Crippen LogP) is 4.20. The Morgan fingerprint density at radius 2 is 2.31 bits per heavy atom. The number of cyclic esters (lactones) is 1. The van der Waals surface area contributed by atoms with Crippen LogP contribution in [0.15, 0.2) is 23.7 Å². The second-order valence-corrected chi connectivity index (χ2v) is 8.01. The lowest BCUT2D eigenvalue weighted by atomic mass is 9.65. The van der Waals surface area contributed by atoms with E-state index in [2.05, 4.69) is 5.11 Å². The van der Waals surface area contributed by atoms with Crippen molar-refractivity contribution in [1.29, 1.82) is 1.43 Å². The molecule has 1 saturated heterocycles. The number of aliphatic hydroxyl groups is 1. The van der Waals surface area contributed by atoms with Crippen molar-refractivity contribution in [3.05, 3.63) is 23.7 Å². The van der Waals surface area contributed by atoms with Crippen LogP contribution in [0, 0.1) is 29.5 Å². The van der Waals surface area contributed by atoms with Crippen LogP contribution in [0.25, 0.3) is 0 Å². The normalized spacial score (nSPS) is 52.4. The van der Waals surface area contributed by atoms with Gasteiger partial charge in [-0.15, -0.1) is 0 Å². The summed E-state index contributed by atoms with van der Waals surface area (Å²) in [6.45, 7) is 5.92. The Morgan fingerprint density at radius 1 is 1.52 bits per heavy atom. The summed E-state index contributed by atoms with van der Waals surface area (Å²) in [5.74, 6) is -8.74. The topological polar surface area (TPSA) is 72.8 Å². The number of fused-ring (bicyclic) bond motifs is 1. The van der Waals surface area contributed by atoms with E-state index < -0.39 is 90.7 Å². The first-order chi connectivity index (χ1) is 17.8. The molecule has 29 heavy (non-hydrogen) atoms. The summed E-state index contributed by atoms with van der Waals surface area (Å²) >= 11 is 0. The van der Waals surface area contributed by atoms with Crippen molar-refractivity contribution in [3.63, 3.8) is 0 Å². The van der Waals surface area contributed by atoms with Crippen molar-refractivity contribution < 1.29 is 36.5 Å². The minimum absolute atomic E-state index is 0.00898. The molecule has 3 rings (SSSR count). The molecule has 1 aliphatic heterocycles. The number of rotatable bonds is 7. The average molecular weight is 415 g/mol. The van der Waals surface area contributed by atoms with Gasteiger partial charge in [-0.25, -0.2) is 0 Å². The highest BCUT2D eigenvalue weighted by atomic mass is 16.5. The highest BCUT2D eigenvalue weighted by molar-refractivity contribution is 5.72. The third-order valence-electron chi connectivity index (χ3n) is 5.81. The van der Waals surface area contributed by atoms with Crippen molar-refractivity contribution >= 4 is 11.9 Å². The van der Waals surface area contributed by atoms with Crippen molar-refractivity contribution in [2.45, 2.75) is 84.4 Å². The molecule has 0 bridgehead atoms. The number of allylic oxidation sites excluding steroid dienone is 3. The Morgan fingerprint density at radius 3 is 3.03 bits per heavy atom. The first kappa shape index (κ1) is 12.3. The zero-order valence-electron chi connectivity index (χ0n) is 27.3. The van der Waals surface area contributed by atoms with Crippen LogP contribution >= 0.6 is 0 Å². The lowest BCUT2D eigenvalue weighted by Crippen LogP contribution is -2.42. The molecule has 1 unspecified atom stereocenters. The van der Waals surface area contributed by atoms with Gasteiger partial charge in [-0.1, -0.05) is 45.9 Å². The van der Waals surface area contributed by atoms with Gasteiger partial charge in [0.25, 0.3) is 0 Å². The predicted molar refractivity (Wildman–Crippen MR) is 111 cm³/mol. The standard InChI is InChI=1S/C24H36O5/c1-5-15(3)24(27)29-21-11-14(2)10-17-7-6-16(4)20(23(17)21)9-8-19-12-18(25)13-22(26)28-19/h6-7,10,14-16,18-21,23,25H,5,8-9,11-13H2,1-4H3/t14-,15-,16-,18+,19?,20-,21-,23-/m0/s1/i6D,7D,10D,11D2,13D2,14D,16D,25D. The molecule has 162 valence electrons. The molecule has 0 spiro atoms. The third kappa shape index (κ3) is 5.30.